The summed E-state index contributed by atoms with van der Waals surface area (Å²) in [6.45, 7) is 1.92. The predicted molar refractivity (Wildman–Crippen MR) is 96.0 cm³/mol. The first kappa shape index (κ1) is 19.4. The zero-order valence-electron chi connectivity index (χ0n) is 15.4. The molecule has 0 bridgehead atoms. The Balaban J connectivity index is 1.63. The van der Waals surface area contributed by atoms with Gasteiger partial charge in [-0.1, -0.05) is 12.1 Å². The molecular weight excluding hydrogens is 393 g/mol. The monoisotopic (exact) mass is 414 g/mol. The van der Waals surface area contributed by atoms with Crippen molar-refractivity contribution in [3.05, 3.63) is 48.0 Å². The summed E-state index contributed by atoms with van der Waals surface area (Å²) in [5.41, 5.74) is -1.52. The van der Waals surface area contributed by atoms with Gasteiger partial charge in [-0.3, -0.25) is 4.90 Å². The van der Waals surface area contributed by atoms with Crippen LogP contribution in [0.1, 0.15) is 24.2 Å². The predicted octanol–water partition coefficient (Wildman–Crippen LogP) is 2.53. The average Bonchev–Trinajstić information content (AvgIpc) is 3.15. The normalized spacial score (nSPS) is 21.0. The molecule has 152 valence electrons. The van der Waals surface area contributed by atoms with Crippen LogP contribution in [0.15, 0.2) is 41.6 Å². The number of hydrogen-bond donors (Lipinski definition) is 0. The highest BCUT2D eigenvalue weighted by molar-refractivity contribution is 7.89. The number of alkyl halides is 3. The number of aromatic nitrogens is 2. The Bertz CT molecular complexity index is 979. The highest BCUT2D eigenvalue weighted by Crippen LogP contribution is 2.41. The minimum absolute atomic E-state index is 0.145. The van der Waals surface area contributed by atoms with Crippen molar-refractivity contribution in [2.45, 2.75) is 36.0 Å². The maximum atomic E-state index is 13.3. The molecule has 1 aromatic heterocycles. The Kier molecular flexibility index (Phi) is 4.55. The van der Waals surface area contributed by atoms with E-state index in [-0.39, 0.29) is 13.1 Å². The summed E-state index contributed by atoms with van der Waals surface area (Å²) in [6.07, 6.45) is -0.122. The molecule has 0 atom stereocenters. The summed E-state index contributed by atoms with van der Waals surface area (Å²) in [7, 11) is -2.26. The molecule has 10 heteroatoms. The van der Waals surface area contributed by atoms with Gasteiger partial charge in [-0.25, -0.2) is 13.4 Å². The fourth-order valence-corrected chi connectivity index (χ4v) is 5.96. The van der Waals surface area contributed by atoms with Crippen LogP contribution >= 0.6 is 0 Å². The van der Waals surface area contributed by atoms with Gasteiger partial charge in [-0.15, -0.1) is 0 Å². The van der Waals surface area contributed by atoms with E-state index in [1.54, 1.807) is 6.20 Å². The van der Waals surface area contributed by atoms with Crippen LogP contribution < -0.4 is 0 Å². The molecule has 6 nitrogen and oxygen atoms in total. The minimum atomic E-state index is -4.73. The molecule has 2 aliphatic rings. The Hall–Kier alpha value is -1.91. The lowest BCUT2D eigenvalue weighted by Gasteiger charge is -2.49. The van der Waals surface area contributed by atoms with Crippen LogP contribution in [0, 0.1) is 0 Å². The summed E-state index contributed by atoms with van der Waals surface area (Å²) in [5, 5.41) is 0. The average molecular weight is 414 g/mol. The van der Waals surface area contributed by atoms with Gasteiger partial charge in [0.1, 0.15) is 5.82 Å². The van der Waals surface area contributed by atoms with Crippen LogP contribution in [0.5, 0.6) is 0 Å². The maximum absolute atomic E-state index is 13.3. The third-order valence-corrected chi connectivity index (χ3v) is 7.86. The van der Waals surface area contributed by atoms with Gasteiger partial charge in [-0.05, 0) is 32.0 Å². The number of halogens is 3. The second kappa shape index (κ2) is 6.57. The van der Waals surface area contributed by atoms with Crippen molar-refractivity contribution in [3.8, 4) is 0 Å². The van der Waals surface area contributed by atoms with Crippen molar-refractivity contribution >= 4 is 10.0 Å². The molecule has 1 saturated heterocycles. The number of fused-ring (bicyclic) bond motifs is 2. The van der Waals surface area contributed by atoms with Crippen molar-refractivity contribution in [2.24, 2.45) is 0 Å². The molecule has 0 aliphatic carbocycles. The van der Waals surface area contributed by atoms with Gasteiger partial charge in [0.15, 0.2) is 0 Å². The molecule has 0 N–H and O–H groups in total. The Morgan fingerprint density at radius 2 is 1.75 bits per heavy atom. The van der Waals surface area contributed by atoms with Crippen LogP contribution in [-0.2, 0) is 28.3 Å². The van der Waals surface area contributed by atoms with Crippen molar-refractivity contribution in [1.82, 2.24) is 18.8 Å². The number of rotatable bonds is 2. The van der Waals surface area contributed by atoms with Crippen LogP contribution in [0.2, 0.25) is 0 Å². The summed E-state index contributed by atoms with van der Waals surface area (Å²) < 4.78 is 69.2. The number of benzene rings is 1. The molecule has 0 amide bonds. The van der Waals surface area contributed by atoms with Gasteiger partial charge in [-0.2, -0.15) is 17.5 Å². The Labute approximate surface area is 161 Å². The lowest BCUT2D eigenvalue weighted by Crippen LogP contribution is -2.56. The van der Waals surface area contributed by atoms with Gasteiger partial charge in [0.05, 0.1) is 16.0 Å². The largest absolute Gasteiger partial charge is 0.417 e. The standard InChI is InChI=1S/C18H21F3N4O2S/c1-23-12-13-24-11-8-22-16(24)17(23)6-9-25(10-7-17)28(26,27)15-5-3-2-4-14(15)18(19,20)21/h2-5,8,11H,6-7,9-10,12-13H2,1H3. The van der Waals surface area contributed by atoms with E-state index in [4.69, 9.17) is 0 Å². The molecule has 2 aliphatic heterocycles. The molecule has 2 aromatic rings. The lowest BCUT2D eigenvalue weighted by molar-refractivity contribution is -0.139. The van der Waals surface area contributed by atoms with Gasteiger partial charge in [0.25, 0.3) is 0 Å². The summed E-state index contributed by atoms with van der Waals surface area (Å²) in [4.78, 5) is 5.98. The smallest absolute Gasteiger partial charge is 0.332 e. The fraction of sp³-hybridized carbons (Fsp3) is 0.500. The van der Waals surface area contributed by atoms with Crippen LogP contribution in [0.4, 0.5) is 13.2 Å². The number of sulfonamides is 1. The molecule has 1 aromatic carbocycles. The lowest BCUT2D eigenvalue weighted by atomic mass is 9.84. The second-order valence-corrected chi connectivity index (χ2v) is 9.20. The molecule has 1 spiro atoms. The van der Waals surface area contributed by atoms with Gasteiger partial charge >= 0.3 is 6.18 Å². The SMILES string of the molecule is CN1CCn2ccnc2C12CCN(S(=O)(=O)c1ccccc1C(F)(F)F)CC2. The Morgan fingerprint density at radius 1 is 1.07 bits per heavy atom. The van der Waals surface area contributed by atoms with E-state index < -0.39 is 32.2 Å². The van der Waals surface area contributed by atoms with Crippen LogP contribution in [-0.4, -0.2) is 53.9 Å². The molecule has 4 rings (SSSR count). The molecule has 0 radical (unpaired) electrons. The first-order chi connectivity index (χ1) is 13.2. The summed E-state index contributed by atoms with van der Waals surface area (Å²) in [5.74, 6) is 0.897. The van der Waals surface area contributed by atoms with Gasteiger partial charge in [0, 0.05) is 38.6 Å². The summed E-state index contributed by atoms with van der Waals surface area (Å²) >= 11 is 0. The van der Waals surface area contributed by atoms with Crippen LogP contribution in [0.3, 0.4) is 0 Å². The van der Waals surface area contributed by atoms with Crippen LogP contribution in [0.25, 0.3) is 0 Å². The van der Waals surface area contributed by atoms with E-state index in [2.05, 4.69) is 14.5 Å². The highest BCUT2D eigenvalue weighted by Gasteiger charge is 2.47. The summed E-state index contributed by atoms with van der Waals surface area (Å²) in [6, 6.07) is 4.36. The van der Waals surface area contributed by atoms with Gasteiger partial charge < -0.3 is 4.57 Å². The highest BCUT2D eigenvalue weighted by atomic mass is 32.2. The van der Waals surface area contributed by atoms with E-state index in [0.717, 1.165) is 31.0 Å². The third-order valence-electron chi connectivity index (χ3n) is 5.90. The van der Waals surface area contributed by atoms with Crippen molar-refractivity contribution in [3.63, 3.8) is 0 Å². The number of likely N-dealkylation sites (N-methyl/N-ethyl adjacent to an activating group) is 1. The third kappa shape index (κ3) is 2.94. The van der Waals surface area contributed by atoms with E-state index in [9.17, 15) is 21.6 Å². The number of piperidine rings is 1. The van der Waals surface area contributed by atoms with Gasteiger partial charge in [0.2, 0.25) is 10.0 Å². The molecule has 0 unspecified atom stereocenters. The van der Waals surface area contributed by atoms with Crippen molar-refractivity contribution in [2.75, 3.05) is 26.7 Å². The molecule has 28 heavy (non-hydrogen) atoms. The molecule has 1 fully saturated rings. The maximum Gasteiger partial charge on any atom is 0.417 e. The Morgan fingerprint density at radius 3 is 2.43 bits per heavy atom. The zero-order valence-corrected chi connectivity index (χ0v) is 16.2. The number of hydrogen-bond acceptors (Lipinski definition) is 4. The van der Waals surface area contributed by atoms with Crippen molar-refractivity contribution in [1.29, 1.82) is 0 Å². The molecular formula is C18H21F3N4O2S. The first-order valence-electron chi connectivity index (χ1n) is 9.05. The fourth-order valence-electron chi connectivity index (χ4n) is 4.31. The van der Waals surface area contributed by atoms with E-state index in [1.165, 1.54) is 16.4 Å². The topological polar surface area (TPSA) is 58.4 Å². The zero-order chi connectivity index (χ0) is 20.2. The number of imidazole rings is 1. The van der Waals surface area contributed by atoms with E-state index >= 15 is 0 Å². The minimum Gasteiger partial charge on any atom is -0.332 e. The molecule has 0 saturated carbocycles. The van der Waals surface area contributed by atoms with E-state index in [0.29, 0.717) is 12.8 Å². The quantitative estimate of drug-likeness (QED) is 0.758. The second-order valence-electron chi connectivity index (χ2n) is 7.30. The van der Waals surface area contributed by atoms with Crippen molar-refractivity contribution < 1.29 is 21.6 Å². The first-order valence-corrected chi connectivity index (χ1v) is 10.5. The number of nitrogens with zero attached hydrogens (tertiary/aromatic N) is 4. The molecule has 3 heterocycles. The van der Waals surface area contributed by atoms with E-state index in [1.807, 2.05) is 13.2 Å².